The number of nitrogens with one attached hydrogen (secondary N) is 1. The third-order valence-electron chi connectivity index (χ3n) is 7.04. The fraction of sp³-hybridized carbons (Fsp3) is 0.440. The minimum Gasteiger partial charge on any atom is -0.323 e. The van der Waals surface area contributed by atoms with Gasteiger partial charge in [0.25, 0.3) is 5.91 Å². The van der Waals surface area contributed by atoms with Crippen LogP contribution in [0.2, 0.25) is 0 Å². The Kier molecular flexibility index (Phi) is 5.28. The van der Waals surface area contributed by atoms with E-state index in [0.29, 0.717) is 12.6 Å². The molecule has 1 aliphatic carbocycles. The highest BCUT2D eigenvalue weighted by atomic mass is 16.2. The van der Waals surface area contributed by atoms with E-state index in [1.165, 1.54) is 16.0 Å². The molecule has 2 heterocycles. The maximum Gasteiger partial charge on any atom is 0.326 e. The molecule has 0 bridgehead atoms. The second-order valence-corrected chi connectivity index (χ2v) is 9.16. The van der Waals surface area contributed by atoms with E-state index in [2.05, 4.69) is 75.8 Å². The van der Waals surface area contributed by atoms with Crippen molar-refractivity contribution in [2.24, 2.45) is 5.92 Å². The molecule has 162 valence electrons. The molecule has 1 atom stereocenters. The lowest BCUT2D eigenvalue weighted by Crippen LogP contribution is -2.52. The Balaban J connectivity index is 1.26. The molecule has 3 fully saturated rings. The van der Waals surface area contributed by atoms with Crippen LogP contribution >= 0.6 is 0 Å². The molecular weight excluding hydrogens is 388 g/mol. The summed E-state index contributed by atoms with van der Waals surface area (Å²) in [5, 5.41) is 2.95. The average molecular weight is 419 g/mol. The predicted octanol–water partition coefficient (Wildman–Crippen LogP) is 3.07. The lowest BCUT2D eigenvalue weighted by Gasteiger charge is -2.40. The molecule has 3 aliphatic rings. The highest BCUT2D eigenvalue weighted by molar-refractivity contribution is 6.07. The number of hydrogen-bond donors (Lipinski definition) is 1. The van der Waals surface area contributed by atoms with Gasteiger partial charge < -0.3 is 5.32 Å². The average Bonchev–Trinajstić information content (AvgIpc) is 3.63. The molecule has 0 radical (unpaired) electrons. The molecular formula is C25H30N4O2. The number of amides is 3. The largest absolute Gasteiger partial charge is 0.326 e. The first kappa shape index (κ1) is 20.2. The van der Waals surface area contributed by atoms with Gasteiger partial charge in [-0.2, -0.15) is 0 Å². The number of piperazine rings is 1. The van der Waals surface area contributed by atoms with Crippen molar-refractivity contribution in [1.29, 1.82) is 0 Å². The Morgan fingerprint density at radius 2 is 1.45 bits per heavy atom. The summed E-state index contributed by atoms with van der Waals surface area (Å²) in [6.45, 7) is 5.69. The molecule has 3 amide bonds. The molecule has 6 heteroatoms. The summed E-state index contributed by atoms with van der Waals surface area (Å²) in [7, 11) is 0. The number of hydrogen-bond acceptors (Lipinski definition) is 4. The van der Waals surface area contributed by atoms with Crippen molar-refractivity contribution in [1.82, 2.24) is 20.0 Å². The highest BCUT2D eigenvalue weighted by Crippen LogP contribution is 2.42. The van der Waals surface area contributed by atoms with Crippen LogP contribution < -0.4 is 5.32 Å². The lowest BCUT2D eigenvalue weighted by molar-refractivity contribution is -0.133. The minimum atomic E-state index is -0.704. The van der Waals surface area contributed by atoms with Gasteiger partial charge in [-0.25, -0.2) is 9.69 Å². The summed E-state index contributed by atoms with van der Waals surface area (Å²) in [6, 6.07) is 21.2. The molecule has 0 spiro atoms. The lowest BCUT2D eigenvalue weighted by atomic mass is 9.96. The van der Waals surface area contributed by atoms with Gasteiger partial charge in [0, 0.05) is 26.2 Å². The number of benzene rings is 2. The van der Waals surface area contributed by atoms with Gasteiger partial charge in [0.15, 0.2) is 0 Å². The van der Waals surface area contributed by atoms with Crippen LogP contribution in [0.25, 0.3) is 0 Å². The molecule has 2 saturated heterocycles. The number of rotatable bonds is 6. The number of urea groups is 1. The fourth-order valence-electron chi connectivity index (χ4n) is 5.03. The van der Waals surface area contributed by atoms with E-state index in [1.54, 1.807) is 0 Å². The van der Waals surface area contributed by atoms with Gasteiger partial charge in [0.05, 0.1) is 12.7 Å². The standard InChI is InChI=1S/C25H30N4O2/c1-25(21-12-13-21)23(30)29(24(31)26-25)18-27-14-16-28(17-15-27)22(19-8-4-2-5-9-19)20-10-6-3-7-11-20/h2-11,21-22H,12-18H2,1H3,(H,26,31)/t25-/m0/s1. The molecule has 6 nitrogen and oxygen atoms in total. The summed E-state index contributed by atoms with van der Waals surface area (Å²) in [6.07, 6.45) is 2.05. The Hall–Kier alpha value is -2.70. The minimum absolute atomic E-state index is 0.0612. The van der Waals surface area contributed by atoms with E-state index in [-0.39, 0.29) is 18.0 Å². The number of carbonyl (C=O) groups excluding carboxylic acids is 2. The predicted molar refractivity (Wildman–Crippen MR) is 119 cm³/mol. The van der Waals surface area contributed by atoms with E-state index in [0.717, 1.165) is 39.0 Å². The van der Waals surface area contributed by atoms with Crippen LogP contribution in [0.15, 0.2) is 60.7 Å². The first-order valence-corrected chi connectivity index (χ1v) is 11.3. The topological polar surface area (TPSA) is 55.9 Å². The first-order valence-electron chi connectivity index (χ1n) is 11.3. The second-order valence-electron chi connectivity index (χ2n) is 9.16. The van der Waals surface area contributed by atoms with Crippen molar-refractivity contribution in [3.63, 3.8) is 0 Å². The molecule has 2 aromatic rings. The van der Waals surface area contributed by atoms with Crippen LogP contribution in [-0.2, 0) is 4.79 Å². The molecule has 2 aromatic carbocycles. The zero-order valence-corrected chi connectivity index (χ0v) is 18.0. The zero-order valence-electron chi connectivity index (χ0n) is 18.0. The number of imide groups is 1. The maximum atomic E-state index is 12.9. The second kappa shape index (κ2) is 8.09. The summed E-state index contributed by atoms with van der Waals surface area (Å²) in [4.78, 5) is 31.6. The summed E-state index contributed by atoms with van der Waals surface area (Å²) in [5.41, 5.74) is 1.87. The Labute approximate surface area is 183 Å². The van der Waals surface area contributed by atoms with Crippen molar-refractivity contribution in [2.45, 2.75) is 31.3 Å². The SMILES string of the molecule is C[C@@]1(C2CC2)NC(=O)N(CN2CCN(C(c3ccccc3)c3ccccc3)CC2)C1=O. The van der Waals surface area contributed by atoms with E-state index in [9.17, 15) is 9.59 Å². The van der Waals surface area contributed by atoms with Gasteiger partial charge in [-0.1, -0.05) is 60.7 Å². The van der Waals surface area contributed by atoms with Crippen LogP contribution in [-0.4, -0.2) is 65.0 Å². The number of carbonyl (C=O) groups is 2. The molecule has 31 heavy (non-hydrogen) atoms. The van der Waals surface area contributed by atoms with Gasteiger partial charge in [-0.05, 0) is 36.8 Å². The van der Waals surface area contributed by atoms with Gasteiger partial charge in [0.1, 0.15) is 5.54 Å². The van der Waals surface area contributed by atoms with Crippen LogP contribution in [0.5, 0.6) is 0 Å². The van der Waals surface area contributed by atoms with Crippen molar-refractivity contribution in [3.8, 4) is 0 Å². The monoisotopic (exact) mass is 418 g/mol. The summed E-state index contributed by atoms with van der Waals surface area (Å²) >= 11 is 0. The molecule has 1 saturated carbocycles. The van der Waals surface area contributed by atoms with Crippen LogP contribution in [0.3, 0.4) is 0 Å². The smallest absolute Gasteiger partial charge is 0.323 e. The van der Waals surface area contributed by atoms with E-state index in [4.69, 9.17) is 0 Å². The normalized spacial score (nSPS) is 25.3. The van der Waals surface area contributed by atoms with Gasteiger partial charge in [-0.3, -0.25) is 14.6 Å². The first-order chi connectivity index (χ1) is 15.1. The molecule has 1 N–H and O–H groups in total. The quantitative estimate of drug-likeness (QED) is 0.733. The van der Waals surface area contributed by atoms with E-state index in [1.807, 2.05) is 6.92 Å². The highest BCUT2D eigenvalue weighted by Gasteiger charge is 2.56. The number of nitrogens with zero attached hydrogens (tertiary/aromatic N) is 3. The van der Waals surface area contributed by atoms with Crippen molar-refractivity contribution in [2.75, 3.05) is 32.8 Å². The molecule has 0 aromatic heterocycles. The molecule has 0 unspecified atom stereocenters. The van der Waals surface area contributed by atoms with Gasteiger partial charge in [-0.15, -0.1) is 0 Å². The molecule has 5 rings (SSSR count). The van der Waals surface area contributed by atoms with E-state index < -0.39 is 5.54 Å². The Morgan fingerprint density at radius 1 is 0.903 bits per heavy atom. The summed E-state index contributed by atoms with van der Waals surface area (Å²) in [5.74, 6) is 0.233. The van der Waals surface area contributed by atoms with Crippen LogP contribution in [0, 0.1) is 5.92 Å². The third kappa shape index (κ3) is 3.86. The van der Waals surface area contributed by atoms with Crippen molar-refractivity contribution < 1.29 is 9.59 Å². The van der Waals surface area contributed by atoms with Crippen molar-refractivity contribution >= 4 is 11.9 Å². The molecule has 2 aliphatic heterocycles. The van der Waals surface area contributed by atoms with Gasteiger partial charge in [0.2, 0.25) is 0 Å². The fourth-order valence-corrected chi connectivity index (χ4v) is 5.03. The third-order valence-corrected chi connectivity index (χ3v) is 7.04. The van der Waals surface area contributed by atoms with Crippen molar-refractivity contribution in [3.05, 3.63) is 71.8 Å². The van der Waals surface area contributed by atoms with Crippen LogP contribution in [0.4, 0.5) is 4.79 Å². The zero-order chi connectivity index (χ0) is 21.4. The van der Waals surface area contributed by atoms with Gasteiger partial charge >= 0.3 is 6.03 Å². The Bertz CT molecular complexity index is 899. The van der Waals surface area contributed by atoms with E-state index >= 15 is 0 Å². The van der Waals surface area contributed by atoms with Crippen LogP contribution in [0.1, 0.15) is 36.9 Å². The Morgan fingerprint density at radius 3 is 1.97 bits per heavy atom. The summed E-state index contributed by atoms with van der Waals surface area (Å²) < 4.78 is 0. The maximum absolute atomic E-state index is 12.9.